The molecule has 1 rings (SSSR count). The maximum atomic E-state index is 10.6. The lowest BCUT2D eigenvalue weighted by atomic mass is 10.2. The molecule has 0 aliphatic rings. The highest BCUT2D eigenvalue weighted by molar-refractivity contribution is 5.88. The molecule has 0 amide bonds. The van der Waals surface area contributed by atoms with E-state index >= 15 is 0 Å². The smallest absolute Gasteiger partial charge is 0.335 e. The molecule has 1 aromatic carbocycles. The van der Waals surface area contributed by atoms with Gasteiger partial charge in [0.15, 0.2) is 11.5 Å². The second kappa shape index (κ2) is 3.80. The van der Waals surface area contributed by atoms with Crippen molar-refractivity contribution in [1.82, 2.24) is 0 Å². The van der Waals surface area contributed by atoms with Crippen molar-refractivity contribution in [3.8, 4) is 11.5 Å². The first-order valence-corrected chi connectivity index (χ1v) is 3.64. The highest BCUT2D eigenvalue weighted by Crippen LogP contribution is 2.27. The molecule has 0 bridgehead atoms. The van der Waals surface area contributed by atoms with Crippen molar-refractivity contribution in [2.24, 2.45) is 0 Å². The quantitative estimate of drug-likeness (QED) is 0.719. The van der Waals surface area contributed by atoms with Crippen LogP contribution in [0.3, 0.4) is 0 Å². The van der Waals surface area contributed by atoms with Gasteiger partial charge < -0.3 is 14.6 Å². The summed E-state index contributed by atoms with van der Waals surface area (Å²) in [4.78, 5) is 10.6. The number of ether oxygens (including phenoxy) is 2. The zero-order valence-corrected chi connectivity index (χ0v) is 7.40. The van der Waals surface area contributed by atoms with Crippen LogP contribution in [-0.4, -0.2) is 25.3 Å². The molecule has 0 spiro atoms. The maximum Gasteiger partial charge on any atom is 0.335 e. The summed E-state index contributed by atoms with van der Waals surface area (Å²) in [6.45, 7) is 0. The Bertz CT molecular complexity index is 319. The number of rotatable bonds is 3. The van der Waals surface area contributed by atoms with Crippen LogP contribution in [0.15, 0.2) is 18.2 Å². The summed E-state index contributed by atoms with van der Waals surface area (Å²) >= 11 is 0. The Morgan fingerprint density at radius 3 is 2.31 bits per heavy atom. The van der Waals surface area contributed by atoms with E-state index in [0.29, 0.717) is 11.5 Å². The number of aromatic carboxylic acids is 1. The monoisotopic (exact) mass is 183 g/mol. The number of hydrogen-bond donors (Lipinski definition) is 1. The van der Waals surface area contributed by atoms with Gasteiger partial charge in [0.25, 0.3) is 0 Å². The van der Waals surface area contributed by atoms with E-state index in [-0.39, 0.29) is 5.56 Å². The lowest BCUT2D eigenvalue weighted by Crippen LogP contribution is -1.98. The summed E-state index contributed by atoms with van der Waals surface area (Å²) in [6.07, 6.45) is 0. The Morgan fingerprint density at radius 2 is 1.85 bits per heavy atom. The predicted octanol–water partition coefficient (Wildman–Crippen LogP) is 1.40. The van der Waals surface area contributed by atoms with Crippen LogP contribution in [-0.2, 0) is 0 Å². The summed E-state index contributed by atoms with van der Waals surface area (Å²) in [7, 11) is 2.96. The van der Waals surface area contributed by atoms with Gasteiger partial charge in [-0.15, -0.1) is 0 Å². The van der Waals surface area contributed by atoms with Crippen molar-refractivity contribution in [3.05, 3.63) is 23.8 Å². The van der Waals surface area contributed by atoms with Gasteiger partial charge in [0.1, 0.15) is 0 Å². The van der Waals surface area contributed by atoms with Crippen LogP contribution in [0.5, 0.6) is 11.5 Å². The van der Waals surface area contributed by atoms with Crippen molar-refractivity contribution in [2.45, 2.75) is 0 Å². The highest BCUT2D eigenvalue weighted by atomic mass is 16.5. The molecule has 1 N–H and O–H groups in total. The normalized spacial score (nSPS) is 9.38. The van der Waals surface area contributed by atoms with Crippen LogP contribution in [0.2, 0.25) is 0 Å². The minimum absolute atomic E-state index is 0.178. The van der Waals surface area contributed by atoms with E-state index in [0.717, 1.165) is 0 Å². The largest absolute Gasteiger partial charge is 0.493 e. The zero-order valence-electron chi connectivity index (χ0n) is 7.40. The third kappa shape index (κ3) is 1.90. The number of benzene rings is 1. The molecule has 0 unspecified atom stereocenters. The molecule has 0 saturated heterocycles. The van der Waals surface area contributed by atoms with Crippen LogP contribution in [0, 0.1) is 0 Å². The van der Waals surface area contributed by atoms with Gasteiger partial charge in [-0.05, 0) is 18.2 Å². The summed E-state index contributed by atoms with van der Waals surface area (Å²) in [5.74, 6) is -0.0455. The molecular formula is C9H10O4. The first kappa shape index (κ1) is 9.38. The molecule has 1 aromatic rings. The third-order valence-electron chi connectivity index (χ3n) is 1.63. The van der Waals surface area contributed by atoms with Crippen LogP contribution in [0.1, 0.15) is 10.4 Å². The molecule has 0 aliphatic heterocycles. The van der Waals surface area contributed by atoms with Gasteiger partial charge in [-0.3, -0.25) is 0 Å². The average molecular weight is 183 g/mol. The fourth-order valence-electron chi connectivity index (χ4n) is 0.969. The molecule has 0 aromatic heterocycles. The lowest BCUT2D eigenvalue weighted by Gasteiger charge is -2.07. The van der Waals surface area contributed by atoms with E-state index in [2.05, 4.69) is 0 Å². The summed E-state index contributed by atoms with van der Waals surface area (Å²) in [5, 5.41) is 8.67. The Kier molecular flexibility index (Phi) is 2.74. The Hall–Kier alpha value is -1.71. The zero-order chi connectivity index (χ0) is 9.84. The van der Waals surface area contributed by atoms with Gasteiger partial charge in [0, 0.05) is 0 Å². The lowest BCUT2D eigenvalue weighted by molar-refractivity contribution is 0.0696. The second-order valence-electron chi connectivity index (χ2n) is 2.37. The molecule has 0 aliphatic carbocycles. The van der Waals surface area contributed by atoms with Gasteiger partial charge in [-0.25, -0.2) is 4.79 Å². The van der Waals surface area contributed by atoms with Gasteiger partial charge in [0.2, 0.25) is 0 Å². The molecule has 0 radical (unpaired) electrons. The Labute approximate surface area is 75.7 Å². The molecular weight excluding hydrogens is 173 g/mol. The number of methoxy groups -OCH3 is 2. The van der Waals surface area contributed by atoms with E-state index in [4.69, 9.17) is 14.6 Å². The van der Waals surface area contributed by atoms with Crippen molar-refractivity contribution in [2.75, 3.05) is 14.2 Å². The van der Waals surface area contributed by atoms with Crippen LogP contribution in [0.4, 0.5) is 0 Å². The number of carbonyl (C=O) groups is 1. The van der Waals surface area contributed by atoms with Crippen molar-refractivity contribution < 1.29 is 19.4 Å². The second-order valence-corrected chi connectivity index (χ2v) is 2.37. The molecule has 0 heterocycles. The molecule has 0 saturated carbocycles. The highest BCUT2D eigenvalue weighted by Gasteiger charge is 2.08. The van der Waals surface area contributed by atoms with E-state index < -0.39 is 5.97 Å². The van der Waals surface area contributed by atoms with Crippen molar-refractivity contribution in [1.29, 1.82) is 0 Å². The summed E-state index contributed by atoms with van der Waals surface area (Å²) in [6, 6.07) is 4.44. The third-order valence-corrected chi connectivity index (χ3v) is 1.63. The minimum Gasteiger partial charge on any atom is -0.493 e. The first-order chi connectivity index (χ1) is 6.19. The van der Waals surface area contributed by atoms with E-state index in [1.165, 1.54) is 26.4 Å². The first-order valence-electron chi connectivity index (χ1n) is 3.64. The van der Waals surface area contributed by atoms with E-state index in [1.54, 1.807) is 6.07 Å². The molecule has 4 nitrogen and oxygen atoms in total. The van der Waals surface area contributed by atoms with Gasteiger partial charge in [-0.2, -0.15) is 0 Å². The SMILES string of the molecule is COc1ccc([13C](=O)O)cc1OC. The van der Waals surface area contributed by atoms with Gasteiger partial charge >= 0.3 is 5.97 Å². The van der Waals surface area contributed by atoms with Crippen LogP contribution in [0.25, 0.3) is 0 Å². The van der Waals surface area contributed by atoms with E-state index in [1.807, 2.05) is 0 Å². The summed E-state index contributed by atoms with van der Waals surface area (Å²) < 4.78 is 9.89. The van der Waals surface area contributed by atoms with Crippen LogP contribution >= 0.6 is 0 Å². The van der Waals surface area contributed by atoms with E-state index in [9.17, 15) is 4.79 Å². The Morgan fingerprint density at radius 1 is 1.23 bits per heavy atom. The molecule has 13 heavy (non-hydrogen) atoms. The standard InChI is InChI=1S/C9H10O4/c1-12-7-4-3-6(9(10)11)5-8(7)13-2/h3-5H,1-2H3,(H,10,11)/i9+1. The van der Waals surface area contributed by atoms with Gasteiger partial charge in [0.05, 0.1) is 19.8 Å². The predicted molar refractivity (Wildman–Crippen MR) is 46.5 cm³/mol. The average Bonchev–Trinajstić information content (AvgIpc) is 2.16. The molecule has 4 heteroatoms. The van der Waals surface area contributed by atoms with Crippen molar-refractivity contribution in [3.63, 3.8) is 0 Å². The van der Waals surface area contributed by atoms with Crippen LogP contribution < -0.4 is 9.47 Å². The molecule has 0 fully saturated rings. The number of carboxylic acid groups (broad SMARTS) is 1. The summed E-state index contributed by atoms with van der Waals surface area (Å²) in [5.41, 5.74) is 0.178. The maximum absolute atomic E-state index is 10.6. The number of carboxylic acids is 1. The molecule has 0 atom stereocenters. The van der Waals surface area contributed by atoms with Crippen molar-refractivity contribution >= 4 is 5.97 Å². The Balaban J connectivity index is 3.13. The fourth-order valence-corrected chi connectivity index (χ4v) is 0.969. The topological polar surface area (TPSA) is 55.8 Å². The fraction of sp³-hybridized carbons (Fsp3) is 0.222. The van der Waals surface area contributed by atoms with Gasteiger partial charge in [-0.1, -0.05) is 0 Å². The molecule has 70 valence electrons. The minimum atomic E-state index is -0.985. The number of hydrogen-bond acceptors (Lipinski definition) is 3.